The number of halogens is 3. The smallest absolute Gasteiger partial charge is 0.382 e. The number of fused-ring (bicyclic) bond motifs is 2. The minimum Gasteiger partial charge on any atom is -0.382 e. The lowest BCUT2D eigenvalue weighted by atomic mass is 9.77. The normalized spacial score (nSPS) is 22.7. The lowest BCUT2D eigenvalue weighted by Gasteiger charge is -2.48. The first-order chi connectivity index (χ1) is 19.7. The molecule has 1 saturated heterocycles. The van der Waals surface area contributed by atoms with Crippen LogP contribution in [-0.4, -0.2) is 28.8 Å². The minimum atomic E-state index is -4.52. The summed E-state index contributed by atoms with van der Waals surface area (Å²) in [6.45, 7) is 1.40. The molecule has 2 N–H and O–H groups in total. The molecule has 1 unspecified atom stereocenters. The first-order valence-electron chi connectivity index (χ1n) is 14.4. The molecule has 0 aromatic heterocycles. The van der Waals surface area contributed by atoms with E-state index in [9.17, 15) is 22.8 Å². The van der Waals surface area contributed by atoms with Crippen molar-refractivity contribution >= 4 is 23.2 Å². The van der Waals surface area contributed by atoms with E-state index >= 15 is 0 Å². The summed E-state index contributed by atoms with van der Waals surface area (Å²) in [6, 6.07) is 19.3. The molecule has 1 saturated carbocycles. The number of nitrogens with zero attached hydrogens (tertiary/aromatic N) is 1. The van der Waals surface area contributed by atoms with Crippen LogP contribution in [0.3, 0.4) is 0 Å². The summed E-state index contributed by atoms with van der Waals surface area (Å²) < 4.78 is 40.7. The monoisotopic (exact) mass is 561 g/mol. The molecular weight excluding hydrogens is 527 g/mol. The first-order valence-corrected chi connectivity index (χ1v) is 14.4. The Hall–Kier alpha value is -3.81. The fourth-order valence-electron chi connectivity index (χ4n) is 6.87. The molecule has 2 fully saturated rings. The van der Waals surface area contributed by atoms with Crippen molar-refractivity contribution in [2.45, 2.75) is 76.2 Å². The van der Waals surface area contributed by atoms with E-state index < -0.39 is 23.7 Å². The van der Waals surface area contributed by atoms with Gasteiger partial charge in [0.15, 0.2) is 0 Å². The highest BCUT2D eigenvalue weighted by molar-refractivity contribution is 5.99. The number of aryl methyl sites for hydroxylation is 1. The molecule has 3 aromatic rings. The van der Waals surface area contributed by atoms with E-state index in [4.69, 9.17) is 0 Å². The molecule has 0 spiro atoms. The van der Waals surface area contributed by atoms with Crippen molar-refractivity contribution in [1.29, 1.82) is 0 Å². The molecule has 2 amide bonds. The van der Waals surface area contributed by atoms with E-state index in [0.29, 0.717) is 30.9 Å². The van der Waals surface area contributed by atoms with E-state index in [1.165, 1.54) is 31.9 Å². The van der Waals surface area contributed by atoms with E-state index in [2.05, 4.69) is 10.6 Å². The van der Waals surface area contributed by atoms with Crippen LogP contribution in [0.1, 0.15) is 77.2 Å². The van der Waals surface area contributed by atoms with Gasteiger partial charge in [-0.25, -0.2) is 0 Å². The Morgan fingerprint density at radius 2 is 1.61 bits per heavy atom. The van der Waals surface area contributed by atoms with Crippen molar-refractivity contribution in [3.05, 3.63) is 94.5 Å². The Morgan fingerprint density at radius 1 is 0.902 bits per heavy atom. The molecule has 5 nitrogen and oxygen atoms in total. The Labute approximate surface area is 238 Å². The zero-order chi connectivity index (χ0) is 28.7. The van der Waals surface area contributed by atoms with Gasteiger partial charge in [-0.15, -0.1) is 0 Å². The molecule has 2 aliphatic heterocycles. The second-order valence-corrected chi connectivity index (χ2v) is 11.6. The number of carbonyl (C=O) groups is 2. The van der Waals surface area contributed by atoms with Crippen LogP contribution in [-0.2, 0) is 17.4 Å². The third-order valence-corrected chi connectivity index (χ3v) is 8.95. The van der Waals surface area contributed by atoms with Crippen LogP contribution in [0.15, 0.2) is 66.7 Å². The second-order valence-electron chi connectivity index (χ2n) is 11.6. The highest BCUT2D eigenvalue weighted by Gasteiger charge is 2.46. The molecule has 3 atom stereocenters. The van der Waals surface area contributed by atoms with Gasteiger partial charge >= 0.3 is 6.18 Å². The molecule has 6 rings (SSSR count). The maximum Gasteiger partial charge on any atom is 0.416 e. The van der Waals surface area contributed by atoms with Gasteiger partial charge in [-0.2, -0.15) is 13.2 Å². The fourth-order valence-corrected chi connectivity index (χ4v) is 6.87. The van der Waals surface area contributed by atoms with Gasteiger partial charge in [0.05, 0.1) is 17.5 Å². The van der Waals surface area contributed by atoms with Crippen LogP contribution in [0.4, 0.5) is 24.5 Å². The third kappa shape index (κ3) is 5.44. The second kappa shape index (κ2) is 10.9. The van der Waals surface area contributed by atoms with Crippen LogP contribution in [0.25, 0.3) is 0 Å². The van der Waals surface area contributed by atoms with Crippen LogP contribution < -0.4 is 10.6 Å². The van der Waals surface area contributed by atoms with Crippen molar-refractivity contribution in [2.24, 2.45) is 5.92 Å². The lowest BCUT2D eigenvalue weighted by molar-refractivity contribution is -0.138. The highest BCUT2D eigenvalue weighted by Crippen LogP contribution is 2.44. The summed E-state index contributed by atoms with van der Waals surface area (Å²) >= 11 is 0. The fraction of sp³-hybridized carbons (Fsp3) is 0.394. The van der Waals surface area contributed by atoms with Gasteiger partial charge in [0.1, 0.15) is 0 Å². The van der Waals surface area contributed by atoms with Gasteiger partial charge in [0, 0.05) is 29.0 Å². The molecular formula is C33H34F3N3O2. The van der Waals surface area contributed by atoms with Crippen molar-refractivity contribution < 1.29 is 22.8 Å². The van der Waals surface area contributed by atoms with Gasteiger partial charge in [0.25, 0.3) is 5.91 Å². The first kappa shape index (κ1) is 27.4. The number of anilines is 2. The molecule has 8 heteroatoms. The summed E-state index contributed by atoms with van der Waals surface area (Å²) in [5, 5.41) is 6.34. The van der Waals surface area contributed by atoms with E-state index in [1.54, 1.807) is 0 Å². The average Bonchev–Trinajstić information content (AvgIpc) is 3.46. The summed E-state index contributed by atoms with van der Waals surface area (Å²) in [7, 11) is 0. The SMILES string of the molecule is Cc1ccc(NC(=O)[C@H]2CC[C@@H]3Cc4ccccc4C(=O)N3C2c2ccc(NC3CCCC3)cc2)cc1C(F)(F)F. The summed E-state index contributed by atoms with van der Waals surface area (Å²) in [4.78, 5) is 29.5. The van der Waals surface area contributed by atoms with Gasteiger partial charge in [-0.1, -0.05) is 49.2 Å². The average molecular weight is 562 g/mol. The number of hydrogen-bond donors (Lipinski definition) is 2. The molecule has 41 heavy (non-hydrogen) atoms. The standard InChI is InChI=1S/C33H34F3N3O2/c1-20-10-13-25(19-29(20)33(34,35)36)38-31(40)28-17-16-26-18-22-6-2-5-9-27(22)32(41)39(26)30(28)21-11-14-24(15-12-21)37-23-7-3-4-8-23/h2,5-6,9-15,19,23,26,28,30,37H,3-4,7-8,16-18H2,1H3,(H,38,40)/t26-,28+,30?/m1/s1. The number of piperidine rings is 1. The van der Waals surface area contributed by atoms with Crippen LogP contribution >= 0.6 is 0 Å². The summed E-state index contributed by atoms with van der Waals surface area (Å²) in [5.74, 6) is -1.11. The van der Waals surface area contributed by atoms with E-state index in [1.807, 2.05) is 53.4 Å². The van der Waals surface area contributed by atoms with E-state index in [0.717, 1.165) is 35.7 Å². The van der Waals surface area contributed by atoms with Gasteiger partial charge in [-0.3, -0.25) is 9.59 Å². The van der Waals surface area contributed by atoms with Crippen molar-refractivity contribution in [3.63, 3.8) is 0 Å². The van der Waals surface area contributed by atoms with Crippen molar-refractivity contribution in [1.82, 2.24) is 4.90 Å². The number of amides is 2. The van der Waals surface area contributed by atoms with Crippen molar-refractivity contribution in [3.8, 4) is 0 Å². The number of rotatable bonds is 5. The maximum atomic E-state index is 13.9. The summed E-state index contributed by atoms with van der Waals surface area (Å²) in [5.41, 5.74) is 2.92. The van der Waals surface area contributed by atoms with Gasteiger partial charge in [0.2, 0.25) is 5.91 Å². The Morgan fingerprint density at radius 3 is 2.34 bits per heavy atom. The Kier molecular flexibility index (Phi) is 7.26. The highest BCUT2D eigenvalue weighted by atomic mass is 19.4. The van der Waals surface area contributed by atoms with Gasteiger partial charge < -0.3 is 15.5 Å². The molecule has 1 aliphatic carbocycles. The molecule has 0 radical (unpaired) electrons. The summed E-state index contributed by atoms with van der Waals surface area (Å²) in [6.07, 6.45) is 2.08. The Balaban J connectivity index is 1.32. The predicted molar refractivity (Wildman–Crippen MR) is 153 cm³/mol. The molecule has 3 aliphatic rings. The molecule has 2 heterocycles. The quantitative estimate of drug-likeness (QED) is 0.339. The number of alkyl halides is 3. The van der Waals surface area contributed by atoms with Crippen LogP contribution in [0, 0.1) is 12.8 Å². The Bertz CT molecular complexity index is 1450. The number of carbonyl (C=O) groups excluding carboxylic acids is 2. The zero-order valence-corrected chi connectivity index (χ0v) is 23.0. The number of nitrogens with one attached hydrogen (secondary N) is 2. The molecule has 214 valence electrons. The predicted octanol–water partition coefficient (Wildman–Crippen LogP) is 7.53. The van der Waals surface area contributed by atoms with Crippen LogP contribution in [0.2, 0.25) is 0 Å². The third-order valence-electron chi connectivity index (χ3n) is 8.95. The largest absolute Gasteiger partial charge is 0.416 e. The maximum absolute atomic E-state index is 13.9. The zero-order valence-electron chi connectivity index (χ0n) is 23.0. The van der Waals surface area contributed by atoms with Crippen molar-refractivity contribution in [2.75, 3.05) is 10.6 Å². The van der Waals surface area contributed by atoms with Crippen LogP contribution in [0.5, 0.6) is 0 Å². The number of benzene rings is 3. The van der Waals surface area contributed by atoms with E-state index in [-0.39, 0.29) is 29.1 Å². The number of hydrogen-bond acceptors (Lipinski definition) is 3. The van der Waals surface area contributed by atoms with Gasteiger partial charge in [-0.05, 0) is 86.1 Å². The molecule has 0 bridgehead atoms. The lowest BCUT2D eigenvalue weighted by Crippen LogP contribution is -2.54. The minimum absolute atomic E-state index is 0.0565. The molecule has 3 aromatic carbocycles. The topological polar surface area (TPSA) is 61.4 Å².